The Bertz CT molecular complexity index is 95.2. The summed E-state index contributed by atoms with van der Waals surface area (Å²) in [5.41, 5.74) is 0. The summed E-state index contributed by atoms with van der Waals surface area (Å²) in [4.78, 5) is 0.417. The Hall–Kier alpha value is 0.439. The van der Waals surface area contributed by atoms with E-state index in [9.17, 15) is 4.19 Å². The average molecular weight is 196 g/mol. The molecular weight excluding hydrogens is 183 g/mol. The quantitative estimate of drug-likeness (QED) is 0.583. The van der Waals surface area contributed by atoms with Gasteiger partial charge in [-0.05, 0) is 0 Å². The van der Waals surface area contributed by atoms with Gasteiger partial charge in [0, 0.05) is 0 Å². The summed E-state index contributed by atoms with van der Waals surface area (Å²) in [5, 5.41) is 0. The van der Waals surface area contributed by atoms with Crippen molar-refractivity contribution < 1.29 is 8.01 Å². The number of rotatable bonds is 0. The van der Waals surface area contributed by atoms with E-state index in [0.29, 0.717) is 10.7 Å². The van der Waals surface area contributed by atoms with Crippen LogP contribution < -0.4 is 0 Å². The monoisotopic (exact) mass is 197 g/mol. The molecule has 1 rings (SSSR count). The Kier molecular flexibility index (Phi) is 2.17. The third kappa shape index (κ3) is 1.29. The van der Waals surface area contributed by atoms with E-state index in [1.54, 1.807) is 0 Å². The zero-order chi connectivity index (χ0) is 7.02. The third-order valence-electron chi connectivity index (χ3n) is 2.05. The summed E-state index contributed by atoms with van der Waals surface area (Å²) in [6, 6.07) is 0. The van der Waals surface area contributed by atoms with E-state index >= 15 is 0 Å². The predicted octanol–water partition coefficient (Wildman–Crippen LogP) is 0.912. The van der Waals surface area contributed by atoms with Crippen molar-refractivity contribution in [3.05, 3.63) is 0 Å². The molecule has 1 aliphatic heterocycles. The first kappa shape index (κ1) is 7.55. The van der Waals surface area contributed by atoms with Crippen LogP contribution in [-0.2, 0) is 3.82 Å². The van der Waals surface area contributed by atoms with Gasteiger partial charge < -0.3 is 0 Å². The van der Waals surface area contributed by atoms with Gasteiger partial charge in [-0.3, -0.25) is 0 Å². The first-order valence-electron chi connectivity index (χ1n) is 3.22. The fraction of sp³-hybridized carbons (Fsp3) is 1.00. The molecule has 0 aromatic heterocycles. The Labute approximate surface area is 60.7 Å². The van der Waals surface area contributed by atoms with E-state index in [2.05, 4.69) is 13.8 Å². The SMILES string of the molecule is CC1C(C)[Se](O)O[C@@H]1C. The predicted molar refractivity (Wildman–Crippen MR) is 37.1 cm³/mol. The minimum atomic E-state index is -1.64. The van der Waals surface area contributed by atoms with Gasteiger partial charge in [-0.1, -0.05) is 0 Å². The summed E-state index contributed by atoms with van der Waals surface area (Å²) in [5.74, 6) is 0.542. The average Bonchev–Trinajstić information content (AvgIpc) is 1.98. The van der Waals surface area contributed by atoms with Gasteiger partial charge in [-0.25, -0.2) is 0 Å². The molecule has 0 aromatic carbocycles. The van der Waals surface area contributed by atoms with E-state index in [-0.39, 0.29) is 6.10 Å². The molecule has 0 saturated carbocycles. The van der Waals surface area contributed by atoms with Crippen molar-refractivity contribution in [3.63, 3.8) is 0 Å². The number of hydrogen-bond donors (Lipinski definition) is 1. The maximum absolute atomic E-state index is 9.24. The van der Waals surface area contributed by atoms with Crippen LogP contribution in [-0.4, -0.2) is 24.9 Å². The first-order valence-corrected chi connectivity index (χ1v) is 5.67. The standard InChI is InChI=1S/C6H13O2Se/c1-4-5(2)8-9(7)6(4)3/h4-7H,1-3H3/t4?,5-,6?/m1/s1. The van der Waals surface area contributed by atoms with Crippen molar-refractivity contribution >= 4 is 14.6 Å². The fourth-order valence-electron chi connectivity index (χ4n) is 0.896. The van der Waals surface area contributed by atoms with Crippen molar-refractivity contribution in [1.29, 1.82) is 0 Å². The molecule has 2 unspecified atom stereocenters. The van der Waals surface area contributed by atoms with E-state index in [1.807, 2.05) is 6.92 Å². The molecule has 1 N–H and O–H groups in total. The molecule has 55 valence electrons. The van der Waals surface area contributed by atoms with Crippen LogP contribution >= 0.6 is 0 Å². The molecule has 0 bridgehead atoms. The van der Waals surface area contributed by atoms with Crippen LogP contribution in [0.5, 0.6) is 0 Å². The Morgan fingerprint density at radius 2 is 1.89 bits per heavy atom. The topological polar surface area (TPSA) is 29.5 Å². The van der Waals surface area contributed by atoms with E-state index < -0.39 is 14.6 Å². The normalized spacial score (nSPS) is 46.0. The summed E-state index contributed by atoms with van der Waals surface area (Å²) in [7, 11) is 0. The summed E-state index contributed by atoms with van der Waals surface area (Å²) in [6.07, 6.45) is 0.273. The molecule has 0 spiro atoms. The van der Waals surface area contributed by atoms with Crippen molar-refractivity contribution in [2.45, 2.75) is 31.7 Å². The molecular formula is C6H13O2Se. The van der Waals surface area contributed by atoms with Gasteiger partial charge in [0.05, 0.1) is 0 Å². The molecule has 2 nitrogen and oxygen atoms in total. The van der Waals surface area contributed by atoms with Crippen molar-refractivity contribution in [2.75, 3.05) is 0 Å². The van der Waals surface area contributed by atoms with E-state index in [0.717, 1.165) is 0 Å². The molecule has 1 fully saturated rings. The Morgan fingerprint density at radius 1 is 1.33 bits per heavy atom. The maximum atomic E-state index is 9.24. The summed E-state index contributed by atoms with van der Waals surface area (Å²) in [6.45, 7) is 6.23. The molecule has 1 saturated heterocycles. The van der Waals surface area contributed by atoms with Gasteiger partial charge in [0.2, 0.25) is 0 Å². The first-order chi connectivity index (χ1) is 4.13. The van der Waals surface area contributed by atoms with Crippen molar-refractivity contribution in [1.82, 2.24) is 0 Å². The van der Waals surface area contributed by atoms with Crippen LogP contribution in [0.15, 0.2) is 0 Å². The Morgan fingerprint density at radius 3 is 2.00 bits per heavy atom. The molecule has 3 heteroatoms. The zero-order valence-corrected chi connectivity index (χ0v) is 7.71. The van der Waals surface area contributed by atoms with Gasteiger partial charge >= 0.3 is 60.2 Å². The van der Waals surface area contributed by atoms with Crippen LogP contribution in [0.3, 0.4) is 0 Å². The minimum absolute atomic E-state index is 0.273. The van der Waals surface area contributed by atoms with Crippen LogP contribution in [0, 0.1) is 5.92 Å². The second kappa shape index (κ2) is 2.59. The fourth-order valence-corrected chi connectivity index (χ4v) is 3.52. The third-order valence-corrected chi connectivity index (χ3v) is 5.34. The van der Waals surface area contributed by atoms with E-state index in [1.165, 1.54) is 0 Å². The second-order valence-corrected chi connectivity index (χ2v) is 5.76. The van der Waals surface area contributed by atoms with E-state index in [4.69, 9.17) is 3.82 Å². The van der Waals surface area contributed by atoms with Crippen LogP contribution in [0.2, 0.25) is 4.82 Å². The molecule has 1 radical (unpaired) electrons. The molecule has 0 aromatic rings. The van der Waals surface area contributed by atoms with Gasteiger partial charge in [-0.15, -0.1) is 0 Å². The van der Waals surface area contributed by atoms with Gasteiger partial charge in [0.25, 0.3) is 0 Å². The second-order valence-electron chi connectivity index (χ2n) is 2.64. The van der Waals surface area contributed by atoms with Crippen molar-refractivity contribution in [3.8, 4) is 0 Å². The number of hydrogen-bond acceptors (Lipinski definition) is 2. The van der Waals surface area contributed by atoms with Gasteiger partial charge in [-0.2, -0.15) is 0 Å². The molecule has 9 heavy (non-hydrogen) atoms. The van der Waals surface area contributed by atoms with Gasteiger partial charge in [0.1, 0.15) is 0 Å². The molecule has 0 amide bonds. The van der Waals surface area contributed by atoms with Crippen LogP contribution in [0.1, 0.15) is 20.8 Å². The van der Waals surface area contributed by atoms with Crippen LogP contribution in [0.25, 0.3) is 0 Å². The molecule has 3 atom stereocenters. The summed E-state index contributed by atoms with van der Waals surface area (Å²) >= 11 is -1.64. The van der Waals surface area contributed by atoms with Crippen LogP contribution in [0.4, 0.5) is 0 Å². The Balaban J connectivity index is 2.54. The van der Waals surface area contributed by atoms with Gasteiger partial charge in [0.15, 0.2) is 0 Å². The molecule has 1 aliphatic rings. The zero-order valence-electron chi connectivity index (χ0n) is 6.00. The molecule has 1 heterocycles. The van der Waals surface area contributed by atoms with Crippen molar-refractivity contribution in [2.24, 2.45) is 5.92 Å². The molecule has 0 aliphatic carbocycles. The summed E-state index contributed by atoms with van der Waals surface area (Å²) < 4.78 is 14.5.